The lowest BCUT2D eigenvalue weighted by molar-refractivity contribution is -0.124. The second-order valence-electron chi connectivity index (χ2n) is 4.86. The number of ketones is 1. The summed E-state index contributed by atoms with van der Waals surface area (Å²) in [6.45, 7) is 2.89. The lowest BCUT2D eigenvalue weighted by Gasteiger charge is -2.28. The summed E-state index contributed by atoms with van der Waals surface area (Å²) in [4.78, 5) is 11.6. The highest BCUT2D eigenvalue weighted by Crippen LogP contribution is 2.32. The van der Waals surface area contributed by atoms with Crippen LogP contribution in [-0.2, 0) is 9.53 Å². The van der Waals surface area contributed by atoms with Crippen molar-refractivity contribution in [1.82, 2.24) is 5.32 Å². The molecule has 2 fully saturated rings. The quantitative estimate of drug-likeness (QED) is 0.749. The molecule has 3 nitrogen and oxygen atoms in total. The largest absolute Gasteiger partial charge is 0.374 e. The molecule has 2 saturated heterocycles. The lowest BCUT2D eigenvalue weighted by Crippen LogP contribution is -2.38. The molecule has 2 bridgehead atoms. The van der Waals surface area contributed by atoms with Gasteiger partial charge in [0.15, 0.2) is 5.78 Å². The zero-order valence-corrected chi connectivity index (χ0v) is 9.50. The summed E-state index contributed by atoms with van der Waals surface area (Å²) in [7, 11) is 0. The van der Waals surface area contributed by atoms with Gasteiger partial charge in [-0.25, -0.2) is 0 Å². The van der Waals surface area contributed by atoms with Gasteiger partial charge in [0.05, 0.1) is 0 Å². The number of fused-ring (bicyclic) bond motifs is 2. The van der Waals surface area contributed by atoms with Gasteiger partial charge in [-0.05, 0) is 38.5 Å². The fourth-order valence-electron chi connectivity index (χ4n) is 2.94. The second-order valence-corrected chi connectivity index (χ2v) is 4.86. The SMILES string of the molecule is CCOCC(=O)CC1CC2CCC(C1)N2. The molecule has 0 aromatic carbocycles. The number of nitrogens with one attached hydrogen (secondary N) is 1. The highest BCUT2D eigenvalue weighted by Gasteiger charge is 2.33. The van der Waals surface area contributed by atoms with E-state index in [1.807, 2.05) is 6.92 Å². The van der Waals surface area contributed by atoms with Gasteiger partial charge in [0.25, 0.3) is 0 Å². The van der Waals surface area contributed by atoms with Gasteiger partial charge >= 0.3 is 0 Å². The van der Waals surface area contributed by atoms with Crippen molar-refractivity contribution in [3.8, 4) is 0 Å². The van der Waals surface area contributed by atoms with Gasteiger partial charge in [-0.2, -0.15) is 0 Å². The molecule has 86 valence electrons. The lowest BCUT2D eigenvalue weighted by atomic mass is 9.88. The molecule has 2 rings (SSSR count). The summed E-state index contributed by atoms with van der Waals surface area (Å²) in [5.74, 6) is 0.889. The van der Waals surface area contributed by atoms with Gasteiger partial charge in [-0.15, -0.1) is 0 Å². The molecule has 15 heavy (non-hydrogen) atoms. The molecule has 2 heterocycles. The predicted molar refractivity (Wildman–Crippen MR) is 58.8 cm³/mol. The van der Waals surface area contributed by atoms with E-state index in [1.54, 1.807) is 0 Å². The van der Waals surface area contributed by atoms with Crippen LogP contribution in [0.5, 0.6) is 0 Å². The van der Waals surface area contributed by atoms with Crippen molar-refractivity contribution in [2.75, 3.05) is 13.2 Å². The van der Waals surface area contributed by atoms with Crippen LogP contribution in [0.15, 0.2) is 0 Å². The van der Waals surface area contributed by atoms with Crippen molar-refractivity contribution in [2.24, 2.45) is 5.92 Å². The van der Waals surface area contributed by atoms with E-state index in [0.29, 0.717) is 31.2 Å². The molecule has 0 spiro atoms. The molecular weight excluding hydrogens is 190 g/mol. The Morgan fingerprint density at radius 3 is 2.60 bits per heavy atom. The molecule has 2 aliphatic heterocycles. The first kappa shape index (κ1) is 11.1. The Labute approximate surface area is 91.6 Å². The van der Waals surface area contributed by atoms with Gasteiger partial charge in [0, 0.05) is 25.1 Å². The topological polar surface area (TPSA) is 38.3 Å². The van der Waals surface area contributed by atoms with E-state index in [9.17, 15) is 4.79 Å². The Balaban J connectivity index is 1.73. The standard InChI is InChI=1S/C12H21NO2/c1-2-15-8-12(14)7-9-5-10-3-4-11(6-9)13-10/h9-11,13H,2-8H2,1H3. The first-order valence-corrected chi connectivity index (χ1v) is 6.13. The van der Waals surface area contributed by atoms with Crippen molar-refractivity contribution in [2.45, 2.75) is 51.1 Å². The molecule has 2 atom stereocenters. The van der Waals surface area contributed by atoms with Crippen molar-refractivity contribution in [1.29, 1.82) is 0 Å². The number of piperidine rings is 1. The van der Waals surface area contributed by atoms with Crippen LogP contribution < -0.4 is 5.32 Å². The Kier molecular flexibility index (Phi) is 3.76. The highest BCUT2D eigenvalue weighted by molar-refractivity contribution is 5.79. The van der Waals surface area contributed by atoms with Gasteiger partial charge in [0.2, 0.25) is 0 Å². The Bertz CT molecular complexity index is 218. The third-order valence-corrected chi connectivity index (χ3v) is 3.55. The van der Waals surface area contributed by atoms with E-state index in [-0.39, 0.29) is 5.78 Å². The zero-order chi connectivity index (χ0) is 10.7. The summed E-state index contributed by atoms with van der Waals surface area (Å²) >= 11 is 0. The highest BCUT2D eigenvalue weighted by atomic mass is 16.5. The van der Waals surface area contributed by atoms with Crippen LogP contribution in [-0.4, -0.2) is 31.1 Å². The molecule has 2 aliphatic rings. The van der Waals surface area contributed by atoms with Crippen LogP contribution in [0.25, 0.3) is 0 Å². The maximum Gasteiger partial charge on any atom is 0.158 e. The van der Waals surface area contributed by atoms with Gasteiger partial charge in [0.1, 0.15) is 6.61 Å². The fraction of sp³-hybridized carbons (Fsp3) is 0.917. The number of carbonyl (C=O) groups is 1. The normalized spacial score (nSPS) is 34.3. The Morgan fingerprint density at radius 1 is 1.33 bits per heavy atom. The smallest absolute Gasteiger partial charge is 0.158 e. The first-order valence-electron chi connectivity index (χ1n) is 6.13. The monoisotopic (exact) mass is 211 g/mol. The third kappa shape index (κ3) is 3.02. The van der Waals surface area contributed by atoms with Crippen LogP contribution in [0.1, 0.15) is 39.0 Å². The second kappa shape index (κ2) is 5.08. The number of rotatable bonds is 5. The van der Waals surface area contributed by atoms with E-state index in [1.165, 1.54) is 25.7 Å². The van der Waals surface area contributed by atoms with Crippen molar-refractivity contribution >= 4 is 5.78 Å². The zero-order valence-electron chi connectivity index (χ0n) is 9.50. The number of hydrogen-bond acceptors (Lipinski definition) is 3. The average molecular weight is 211 g/mol. The van der Waals surface area contributed by atoms with Gasteiger partial charge in [-0.3, -0.25) is 4.79 Å². The van der Waals surface area contributed by atoms with Crippen LogP contribution in [0.4, 0.5) is 0 Å². The van der Waals surface area contributed by atoms with Crippen molar-refractivity contribution in [3.63, 3.8) is 0 Å². The van der Waals surface area contributed by atoms with E-state index < -0.39 is 0 Å². The number of Topliss-reactive ketones (excluding diaryl/α,β-unsaturated/α-hetero) is 1. The summed E-state index contributed by atoms with van der Waals surface area (Å²) in [5.41, 5.74) is 0. The Morgan fingerprint density at radius 2 is 2.00 bits per heavy atom. The van der Waals surface area contributed by atoms with E-state index >= 15 is 0 Å². The van der Waals surface area contributed by atoms with Gasteiger partial charge < -0.3 is 10.1 Å². The van der Waals surface area contributed by atoms with Crippen molar-refractivity contribution < 1.29 is 9.53 Å². The summed E-state index contributed by atoms with van der Waals surface area (Å²) in [5, 5.41) is 3.59. The minimum absolute atomic E-state index is 0.281. The molecule has 3 heteroatoms. The number of hydrogen-bond donors (Lipinski definition) is 1. The number of ether oxygens (including phenoxy) is 1. The van der Waals surface area contributed by atoms with Gasteiger partial charge in [-0.1, -0.05) is 0 Å². The molecule has 0 saturated carbocycles. The minimum Gasteiger partial charge on any atom is -0.374 e. The molecule has 0 aromatic heterocycles. The molecule has 0 amide bonds. The number of carbonyl (C=O) groups excluding carboxylic acids is 1. The molecule has 0 aliphatic carbocycles. The maximum atomic E-state index is 11.6. The Hall–Kier alpha value is -0.410. The van der Waals surface area contributed by atoms with Crippen LogP contribution in [0.2, 0.25) is 0 Å². The summed E-state index contributed by atoms with van der Waals surface area (Å²) in [6.07, 6.45) is 5.72. The molecular formula is C12H21NO2. The van der Waals surface area contributed by atoms with Crippen LogP contribution in [0, 0.1) is 5.92 Å². The maximum absolute atomic E-state index is 11.6. The van der Waals surface area contributed by atoms with Crippen LogP contribution >= 0.6 is 0 Å². The molecule has 2 unspecified atom stereocenters. The average Bonchev–Trinajstić information content (AvgIpc) is 2.55. The third-order valence-electron chi connectivity index (χ3n) is 3.55. The van der Waals surface area contributed by atoms with Crippen LogP contribution in [0.3, 0.4) is 0 Å². The van der Waals surface area contributed by atoms with E-state index in [0.717, 1.165) is 6.42 Å². The van der Waals surface area contributed by atoms with E-state index in [2.05, 4.69) is 5.32 Å². The van der Waals surface area contributed by atoms with Crippen molar-refractivity contribution in [3.05, 3.63) is 0 Å². The summed E-state index contributed by atoms with van der Waals surface area (Å²) < 4.78 is 5.14. The van der Waals surface area contributed by atoms with E-state index in [4.69, 9.17) is 4.74 Å². The molecule has 0 aromatic rings. The minimum atomic E-state index is 0.281. The summed E-state index contributed by atoms with van der Waals surface area (Å²) in [6, 6.07) is 1.38. The fourth-order valence-corrected chi connectivity index (χ4v) is 2.94. The first-order chi connectivity index (χ1) is 7.28. The predicted octanol–water partition coefficient (Wildman–Crippen LogP) is 1.51. The molecule has 1 N–H and O–H groups in total. The molecule has 0 radical (unpaired) electrons.